The van der Waals surface area contributed by atoms with Crippen LogP contribution in [0.5, 0.6) is 0 Å². The van der Waals surface area contributed by atoms with Gasteiger partial charge in [-0.1, -0.05) is 77.9 Å². The molecule has 0 N–H and O–H groups in total. The molecule has 0 spiro atoms. The van der Waals surface area contributed by atoms with Gasteiger partial charge in [0.2, 0.25) is 0 Å². The first-order valence-electron chi connectivity index (χ1n) is 20.9. The third-order valence-corrected chi connectivity index (χ3v) is 16.9. The average Bonchev–Trinajstić information content (AvgIpc) is 3.57. The van der Waals surface area contributed by atoms with E-state index in [-0.39, 0.29) is 38.9 Å². The fourth-order valence-electron chi connectivity index (χ4n) is 13.1. The molecular formula is C51H47NO3. The summed E-state index contributed by atoms with van der Waals surface area (Å²) in [5.74, 6) is 1.11. The highest BCUT2D eigenvalue weighted by molar-refractivity contribution is 6.38. The first-order chi connectivity index (χ1) is 26.3. The first-order valence-corrected chi connectivity index (χ1v) is 20.9. The average molecular weight is 722 g/mol. The molecule has 4 nitrogen and oxygen atoms in total. The van der Waals surface area contributed by atoms with E-state index < -0.39 is 0 Å². The molecule has 2 heterocycles. The van der Waals surface area contributed by atoms with Crippen LogP contribution >= 0.6 is 0 Å². The summed E-state index contributed by atoms with van der Waals surface area (Å²) in [7, 11) is 0. The van der Waals surface area contributed by atoms with Crippen LogP contribution in [0.2, 0.25) is 0 Å². The molecule has 8 aromatic rings. The largest absolute Gasteiger partial charge is 0.308 e. The Kier molecular flexibility index (Phi) is 5.85. The van der Waals surface area contributed by atoms with Crippen LogP contribution in [0.4, 0.5) is 0 Å². The summed E-state index contributed by atoms with van der Waals surface area (Å²) in [6, 6.07) is 23.9. The number of carbonyl (C=O) groups excluding carboxylic acids is 2. The highest BCUT2D eigenvalue weighted by atomic mass is 16.1. The molecule has 4 bridgehead atoms. The number of carbonyl (C=O) groups is 2. The molecule has 6 aliphatic carbocycles. The predicted molar refractivity (Wildman–Crippen MR) is 226 cm³/mol. The van der Waals surface area contributed by atoms with Crippen LogP contribution in [0.1, 0.15) is 125 Å². The Morgan fingerprint density at radius 3 is 1.56 bits per heavy atom. The number of hydrogen-bond acceptors (Lipinski definition) is 3. The maximum Gasteiger partial charge on any atom is 0.194 e. The maximum atomic E-state index is 15.0. The summed E-state index contributed by atoms with van der Waals surface area (Å²) in [6.45, 7) is 13.7. The Hall–Kier alpha value is -4.83. The van der Waals surface area contributed by atoms with Crippen molar-refractivity contribution < 1.29 is 9.59 Å². The minimum atomic E-state index is -0.354. The topological polar surface area (TPSA) is 55.6 Å². The van der Waals surface area contributed by atoms with E-state index in [2.05, 4.69) is 101 Å². The zero-order chi connectivity index (χ0) is 37.7. The van der Waals surface area contributed by atoms with Crippen LogP contribution in [0.15, 0.2) is 71.5 Å². The molecule has 0 saturated heterocycles. The molecule has 0 unspecified atom stereocenters. The summed E-state index contributed by atoms with van der Waals surface area (Å²) in [5, 5.41) is 10.0. The van der Waals surface area contributed by atoms with Gasteiger partial charge in [0.1, 0.15) is 0 Å². The highest BCUT2D eigenvalue weighted by Gasteiger charge is 2.54. The summed E-state index contributed by atoms with van der Waals surface area (Å²) in [6.07, 6.45) is 7.67. The third kappa shape index (κ3) is 3.57. The van der Waals surface area contributed by atoms with Crippen LogP contribution in [0.3, 0.4) is 0 Å². The zero-order valence-corrected chi connectivity index (χ0v) is 32.8. The number of nitrogens with zero attached hydrogens (tertiary/aromatic N) is 1. The minimum absolute atomic E-state index is 0.0654. The van der Waals surface area contributed by atoms with E-state index >= 15 is 4.79 Å². The number of benzene rings is 6. The molecule has 274 valence electrons. The van der Waals surface area contributed by atoms with Gasteiger partial charge in [0.15, 0.2) is 17.0 Å². The van der Waals surface area contributed by atoms with Gasteiger partial charge in [0.25, 0.3) is 0 Å². The molecular weight excluding hydrogens is 675 g/mol. The van der Waals surface area contributed by atoms with Gasteiger partial charge >= 0.3 is 0 Å². The van der Waals surface area contributed by atoms with Gasteiger partial charge in [0.05, 0.1) is 16.6 Å². The van der Waals surface area contributed by atoms with Crippen LogP contribution in [-0.4, -0.2) is 16.0 Å². The lowest BCUT2D eigenvalue weighted by molar-refractivity contribution is 0.0537. The number of Topliss-reactive ketones (excluding diaryl/α,β-unsaturated/α-hetero) is 2. The van der Waals surface area contributed by atoms with Crippen molar-refractivity contribution in [2.24, 2.45) is 22.7 Å². The molecule has 0 amide bonds. The summed E-state index contributed by atoms with van der Waals surface area (Å²) in [5.41, 5.74) is 6.37. The van der Waals surface area contributed by atoms with Crippen molar-refractivity contribution in [2.75, 3.05) is 0 Å². The Morgan fingerprint density at radius 1 is 0.509 bits per heavy atom. The van der Waals surface area contributed by atoms with Crippen molar-refractivity contribution in [3.8, 4) is 0 Å². The normalized spacial score (nSPS) is 28.0. The van der Waals surface area contributed by atoms with E-state index in [0.29, 0.717) is 11.6 Å². The second-order valence-corrected chi connectivity index (χ2v) is 19.7. The fraction of sp³-hybridized carbons (Fsp3) is 0.392. The van der Waals surface area contributed by atoms with Crippen molar-refractivity contribution in [2.45, 2.75) is 104 Å². The van der Waals surface area contributed by atoms with E-state index in [0.717, 1.165) is 133 Å². The first kappa shape index (κ1) is 32.4. The molecule has 2 aromatic heterocycles. The maximum absolute atomic E-state index is 15.0. The summed E-state index contributed by atoms with van der Waals surface area (Å²) >= 11 is 0. The predicted octanol–water partition coefficient (Wildman–Crippen LogP) is 12.4. The monoisotopic (exact) mass is 721 g/mol. The van der Waals surface area contributed by atoms with Gasteiger partial charge in [-0.15, -0.1) is 0 Å². The molecule has 55 heavy (non-hydrogen) atoms. The van der Waals surface area contributed by atoms with E-state index in [9.17, 15) is 9.59 Å². The molecule has 14 rings (SSSR count). The van der Waals surface area contributed by atoms with Gasteiger partial charge in [0, 0.05) is 65.0 Å². The lowest BCUT2D eigenvalue weighted by Crippen LogP contribution is -2.39. The Balaban J connectivity index is 1.32. The van der Waals surface area contributed by atoms with Crippen molar-refractivity contribution in [1.82, 2.24) is 4.40 Å². The Morgan fingerprint density at radius 2 is 1.02 bits per heavy atom. The second-order valence-electron chi connectivity index (χ2n) is 19.7. The van der Waals surface area contributed by atoms with Gasteiger partial charge in [-0.05, 0) is 126 Å². The molecule has 0 atom stereocenters. The van der Waals surface area contributed by atoms with Gasteiger partial charge < -0.3 is 4.40 Å². The van der Waals surface area contributed by atoms with Crippen LogP contribution in [-0.2, 0) is 10.8 Å². The van der Waals surface area contributed by atoms with E-state index in [4.69, 9.17) is 0 Å². The van der Waals surface area contributed by atoms with Gasteiger partial charge in [-0.2, -0.15) is 0 Å². The van der Waals surface area contributed by atoms with Crippen LogP contribution < -0.4 is 5.43 Å². The molecule has 6 aromatic carbocycles. The van der Waals surface area contributed by atoms with Gasteiger partial charge in [-0.25, -0.2) is 0 Å². The fourth-order valence-corrected chi connectivity index (χ4v) is 13.1. The minimum Gasteiger partial charge on any atom is -0.308 e. The number of ketones is 2. The van der Waals surface area contributed by atoms with E-state index in [1.165, 1.54) is 11.1 Å². The molecule has 0 aliphatic heterocycles. The Labute approximate surface area is 320 Å². The zero-order valence-electron chi connectivity index (χ0n) is 32.8. The summed E-state index contributed by atoms with van der Waals surface area (Å²) < 4.78 is 2.39. The number of hydrogen-bond donors (Lipinski definition) is 0. The molecule has 2 saturated carbocycles. The van der Waals surface area contributed by atoms with Crippen LogP contribution in [0, 0.1) is 22.7 Å². The smallest absolute Gasteiger partial charge is 0.194 e. The number of rotatable bonds is 2. The molecule has 2 fully saturated rings. The van der Waals surface area contributed by atoms with E-state index in [1.807, 2.05) is 12.1 Å². The standard InChI is InChI=1S/C51H47NO3/c1-26(2)50-17-13-48(5,14-18-50)37-22-31-32-21-36-42(29-11-7-9-28-10-8-12-30(41(28)29)45(36)53)43-35-23-38-34(47(55)51(27(3)4)19-15-49(38,6)16-20-51)25-40(35)52(44(32)43)39(31)24-33(37)46(50)54/h7-12,21-27H,13-20H2,1-6H3. The highest BCUT2D eigenvalue weighted by Crippen LogP contribution is 2.59. The van der Waals surface area contributed by atoms with Crippen molar-refractivity contribution in [1.29, 1.82) is 0 Å². The molecule has 4 heteroatoms. The van der Waals surface area contributed by atoms with Crippen molar-refractivity contribution in [3.05, 3.63) is 99.2 Å². The number of aromatic nitrogens is 1. The third-order valence-electron chi connectivity index (χ3n) is 16.9. The molecule has 0 radical (unpaired) electrons. The van der Waals surface area contributed by atoms with Gasteiger partial charge in [-0.3, -0.25) is 14.4 Å². The lowest BCUT2D eigenvalue weighted by Gasteiger charge is -2.42. The van der Waals surface area contributed by atoms with E-state index in [1.54, 1.807) is 0 Å². The second kappa shape index (κ2) is 9.93. The Bertz CT molecular complexity index is 3130. The van der Waals surface area contributed by atoms with Crippen molar-refractivity contribution >= 4 is 82.0 Å². The van der Waals surface area contributed by atoms with Crippen LogP contribution in [0.25, 0.3) is 70.4 Å². The number of fused-ring (bicyclic) bond motifs is 13. The van der Waals surface area contributed by atoms with Crippen molar-refractivity contribution in [3.63, 3.8) is 0 Å². The quantitative estimate of drug-likeness (QED) is 0.132. The SMILES string of the molecule is CC(C)C12CCC(C)(CC1)c1cc3c4cc5c(=O)c6cccc7cccc(c76)c5c5c6cc7c(cc6n(c3cc1C2=O)c45)C(=O)C1(C(C)C)CCC7(C)CC1. The molecule has 6 aliphatic rings. The summed E-state index contributed by atoms with van der Waals surface area (Å²) in [4.78, 5) is 44.9. The lowest BCUT2D eigenvalue weighted by atomic mass is 9.60.